The van der Waals surface area contributed by atoms with Crippen molar-refractivity contribution in [3.63, 3.8) is 0 Å². The molecule has 18 heavy (non-hydrogen) atoms. The first-order chi connectivity index (χ1) is 8.47. The second kappa shape index (κ2) is 4.80. The maximum Gasteiger partial charge on any atom is 0.238 e. The van der Waals surface area contributed by atoms with Gasteiger partial charge in [-0.25, -0.2) is 13.6 Å². The summed E-state index contributed by atoms with van der Waals surface area (Å²) in [5.41, 5.74) is 0.971. The van der Waals surface area contributed by atoms with E-state index in [0.717, 1.165) is 5.56 Å². The molecule has 0 amide bonds. The molecule has 0 atom stereocenters. The summed E-state index contributed by atoms with van der Waals surface area (Å²) >= 11 is 0. The summed E-state index contributed by atoms with van der Waals surface area (Å²) in [6, 6.07) is 13.6. The summed E-state index contributed by atoms with van der Waals surface area (Å²) in [6.45, 7) is 1.92. The molecule has 0 aliphatic heterocycles. The van der Waals surface area contributed by atoms with Crippen molar-refractivity contribution in [2.75, 3.05) is 0 Å². The molecule has 2 aromatic carbocycles. The third-order valence-electron chi connectivity index (χ3n) is 2.46. The van der Waals surface area contributed by atoms with Crippen molar-refractivity contribution in [2.45, 2.75) is 11.8 Å². The van der Waals surface area contributed by atoms with Crippen molar-refractivity contribution in [3.05, 3.63) is 54.1 Å². The average Bonchev–Trinajstić information content (AvgIpc) is 2.31. The Kier molecular flexibility index (Phi) is 3.36. The third kappa shape index (κ3) is 2.88. The van der Waals surface area contributed by atoms with Crippen LogP contribution in [0.5, 0.6) is 11.5 Å². The molecule has 4 nitrogen and oxygen atoms in total. The quantitative estimate of drug-likeness (QED) is 0.924. The van der Waals surface area contributed by atoms with Crippen LogP contribution in [0.2, 0.25) is 0 Å². The molecule has 0 saturated heterocycles. The van der Waals surface area contributed by atoms with Crippen molar-refractivity contribution in [2.24, 2.45) is 5.14 Å². The van der Waals surface area contributed by atoms with Crippen molar-refractivity contribution in [1.82, 2.24) is 0 Å². The normalized spacial score (nSPS) is 11.2. The third-order valence-corrected chi connectivity index (χ3v) is 3.37. The second-order valence-electron chi connectivity index (χ2n) is 3.89. The Morgan fingerprint density at radius 1 is 1.06 bits per heavy atom. The minimum absolute atomic E-state index is 0.0357. The van der Waals surface area contributed by atoms with Gasteiger partial charge in [-0.2, -0.15) is 0 Å². The Morgan fingerprint density at radius 3 is 2.44 bits per heavy atom. The van der Waals surface area contributed by atoms with E-state index in [4.69, 9.17) is 9.88 Å². The van der Waals surface area contributed by atoms with E-state index >= 15 is 0 Å². The molecule has 0 saturated carbocycles. The van der Waals surface area contributed by atoms with Crippen LogP contribution in [0.25, 0.3) is 0 Å². The number of nitrogens with two attached hydrogens (primary N) is 1. The first-order valence-corrected chi connectivity index (χ1v) is 6.88. The molecule has 0 aromatic heterocycles. The minimum atomic E-state index is -3.71. The second-order valence-corrected chi connectivity index (χ2v) is 5.45. The standard InChI is InChI=1S/C13H13NO3S/c1-10-5-2-3-8-13(10)17-11-6-4-7-12(9-11)18(14,15)16/h2-9H,1H3,(H2,14,15,16). The minimum Gasteiger partial charge on any atom is -0.457 e. The van der Waals surface area contributed by atoms with E-state index in [1.54, 1.807) is 12.1 Å². The Balaban J connectivity index is 2.34. The van der Waals surface area contributed by atoms with Gasteiger partial charge in [0.1, 0.15) is 11.5 Å². The number of rotatable bonds is 3. The molecule has 0 unspecified atom stereocenters. The summed E-state index contributed by atoms with van der Waals surface area (Å²) < 4.78 is 28.1. The highest BCUT2D eigenvalue weighted by atomic mass is 32.2. The Hall–Kier alpha value is -1.85. The summed E-state index contributed by atoms with van der Waals surface area (Å²) in [4.78, 5) is 0.0357. The number of hydrogen-bond donors (Lipinski definition) is 1. The van der Waals surface area contributed by atoms with Crippen LogP contribution >= 0.6 is 0 Å². The van der Waals surface area contributed by atoms with Crippen molar-refractivity contribution in [3.8, 4) is 11.5 Å². The fraction of sp³-hybridized carbons (Fsp3) is 0.0769. The zero-order chi connectivity index (χ0) is 13.2. The van der Waals surface area contributed by atoms with Gasteiger partial charge in [-0.05, 0) is 30.7 Å². The fourth-order valence-corrected chi connectivity index (χ4v) is 2.06. The number of hydrogen-bond acceptors (Lipinski definition) is 3. The predicted octanol–water partition coefficient (Wildman–Crippen LogP) is 2.43. The first kappa shape index (κ1) is 12.6. The fourth-order valence-electron chi connectivity index (χ4n) is 1.51. The largest absolute Gasteiger partial charge is 0.457 e. The number of sulfonamides is 1. The van der Waals surface area contributed by atoms with Crippen LogP contribution in [0.15, 0.2) is 53.4 Å². The van der Waals surface area contributed by atoms with E-state index in [-0.39, 0.29) is 4.90 Å². The van der Waals surface area contributed by atoms with E-state index in [9.17, 15) is 8.42 Å². The maximum absolute atomic E-state index is 11.2. The molecule has 0 radical (unpaired) electrons. The molecular formula is C13H13NO3S. The molecule has 0 fully saturated rings. The van der Waals surface area contributed by atoms with Gasteiger partial charge in [-0.15, -0.1) is 0 Å². The number of para-hydroxylation sites is 1. The summed E-state index contributed by atoms with van der Waals surface area (Å²) in [6.07, 6.45) is 0. The van der Waals surface area contributed by atoms with Crippen LogP contribution < -0.4 is 9.88 Å². The lowest BCUT2D eigenvalue weighted by Gasteiger charge is -2.09. The van der Waals surface area contributed by atoms with Crippen LogP contribution in [0, 0.1) is 6.92 Å². The van der Waals surface area contributed by atoms with E-state index in [1.165, 1.54) is 12.1 Å². The number of aryl methyl sites for hydroxylation is 1. The highest BCUT2D eigenvalue weighted by molar-refractivity contribution is 7.89. The van der Waals surface area contributed by atoms with Crippen LogP contribution in [0.3, 0.4) is 0 Å². The van der Waals surface area contributed by atoms with Crippen molar-refractivity contribution >= 4 is 10.0 Å². The highest BCUT2D eigenvalue weighted by Gasteiger charge is 2.09. The van der Waals surface area contributed by atoms with E-state index in [0.29, 0.717) is 11.5 Å². The molecule has 2 rings (SSSR count). The smallest absolute Gasteiger partial charge is 0.238 e. The van der Waals surface area contributed by atoms with E-state index in [2.05, 4.69) is 0 Å². The maximum atomic E-state index is 11.2. The number of primary sulfonamides is 1. The van der Waals surface area contributed by atoms with E-state index < -0.39 is 10.0 Å². The van der Waals surface area contributed by atoms with Gasteiger partial charge in [0.25, 0.3) is 0 Å². The summed E-state index contributed by atoms with van der Waals surface area (Å²) in [7, 11) is -3.71. The predicted molar refractivity (Wildman–Crippen MR) is 69.1 cm³/mol. The van der Waals surface area contributed by atoms with Crippen LogP contribution in [-0.4, -0.2) is 8.42 Å². The average molecular weight is 263 g/mol. The molecule has 2 N–H and O–H groups in total. The van der Waals surface area contributed by atoms with Gasteiger partial charge in [0.15, 0.2) is 0 Å². The highest BCUT2D eigenvalue weighted by Crippen LogP contribution is 2.25. The molecule has 0 aliphatic carbocycles. The number of ether oxygens (including phenoxy) is 1. The van der Waals surface area contributed by atoms with Gasteiger partial charge < -0.3 is 4.74 Å². The molecule has 5 heteroatoms. The van der Waals surface area contributed by atoms with Gasteiger partial charge in [0.05, 0.1) is 4.90 Å². The molecule has 2 aromatic rings. The van der Waals surface area contributed by atoms with Crippen LogP contribution in [0.1, 0.15) is 5.56 Å². The van der Waals surface area contributed by atoms with Crippen molar-refractivity contribution in [1.29, 1.82) is 0 Å². The molecule has 0 aliphatic rings. The lowest BCUT2D eigenvalue weighted by molar-refractivity contribution is 0.477. The Morgan fingerprint density at radius 2 is 1.78 bits per heavy atom. The van der Waals surface area contributed by atoms with Gasteiger partial charge in [-0.1, -0.05) is 24.3 Å². The van der Waals surface area contributed by atoms with Crippen LogP contribution in [-0.2, 0) is 10.0 Å². The van der Waals surface area contributed by atoms with Gasteiger partial charge in [-0.3, -0.25) is 0 Å². The van der Waals surface area contributed by atoms with Gasteiger partial charge in [0.2, 0.25) is 10.0 Å². The molecule has 0 spiro atoms. The van der Waals surface area contributed by atoms with Crippen LogP contribution in [0.4, 0.5) is 0 Å². The zero-order valence-electron chi connectivity index (χ0n) is 9.83. The topological polar surface area (TPSA) is 69.4 Å². The lowest BCUT2D eigenvalue weighted by Crippen LogP contribution is -2.11. The number of benzene rings is 2. The lowest BCUT2D eigenvalue weighted by atomic mass is 10.2. The summed E-state index contributed by atoms with van der Waals surface area (Å²) in [5, 5.41) is 5.07. The SMILES string of the molecule is Cc1ccccc1Oc1cccc(S(N)(=O)=O)c1. The zero-order valence-corrected chi connectivity index (χ0v) is 10.6. The Bertz CT molecular complexity index is 665. The van der Waals surface area contributed by atoms with Gasteiger partial charge >= 0.3 is 0 Å². The summed E-state index contributed by atoms with van der Waals surface area (Å²) in [5.74, 6) is 1.12. The van der Waals surface area contributed by atoms with Crippen molar-refractivity contribution < 1.29 is 13.2 Å². The molecule has 94 valence electrons. The monoisotopic (exact) mass is 263 g/mol. The molecule has 0 heterocycles. The molecule has 0 bridgehead atoms. The van der Waals surface area contributed by atoms with E-state index in [1.807, 2.05) is 31.2 Å². The van der Waals surface area contributed by atoms with Gasteiger partial charge in [0, 0.05) is 6.07 Å². The first-order valence-electron chi connectivity index (χ1n) is 5.33. The Labute approximate surface area is 106 Å². The molecular weight excluding hydrogens is 250 g/mol.